The predicted octanol–water partition coefficient (Wildman–Crippen LogP) is 3.15. The first-order chi connectivity index (χ1) is 8.33. The number of para-hydroxylation sites is 1. The maximum Gasteiger partial charge on any atom is 0.123 e. The predicted molar refractivity (Wildman–Crippen MR) is 72.1 cm³/mol. The van der Waals surface area contributed by atoms with E-state index in [0.29, 0.717) is 6.04 Å². The van der Waals surface area contributed by atoms with Gasteiger partial charge in [0.15, 0.2) is 0 Å². The highest BCUT2D eigenvalue weighted by Gasteiger charge is 2.13. The van der Waals surface area contributed by atoms with Crippen LogP contribution < -0.4 is 10.1 Å². The Morgan fingerprint density at radius 3 is 2.76 bits per heavy atom. The number of rotatable bonds is 6. The van der Waals surface area contributed by atoms with E-state index in [0.717, 1.165) is 25.1 Å². The van der Waals surface area contributed by atoms with Gasteiger partial charge in [-0.15, -0.1) is 11.8 Å². The zero-order chi connectivity index (χ0) is 12.5. The molecular weight excluding hydrogens is 210 g/mol. The monoisotopic (exact) mass is 231 g/mol. The first-order valence-electron chi connectivity index (χ1n) is 6.09. The second-order valence-electron chi connectivity index (χ2n) is 3.82. The van der Waals surface area contributed by atoms with Crippen LogP contribution in [0, 0.1) is 11.8 Å². The lowest BCUT2D eigenvalue weighted by molar-refractivity contribution is 0.397. The van der Waals surface area contributed by atoms with E-state index in [2.05, 4.69) is 30.1 Å². The maximum atomic E-state index is 5.40. The summed E-state index contributed by atoms with van der Waals surface area (Å²) >= 11 is 0. The molecule has 1 aromatic carbocycles. The molecule has 0 radical (unpaired) electrons. The van der Waals surface area contributed by atoms with E-state index in [1.165, 1.54) is 5.56 Å². The van der Waals surface area contributed by atoms with Crippen LogP contribution >= 0.6 is 0 Å². The van der Waals surface area contributed by atoms with Gasteiger partial charge in [0, 0.05) is 18.0 Å². The molecule has 2 heteroatoms. The summed E-state index contributed by atoms with van der Waals surface area (Å²) in [6, 6.07) is 8.48. The van der Waals surface area contributed by atoms with Crippen molar-refractivity contribution in [2.45, 2.75) is 32.7 Å². The lowest BCUT2D eigenvalue weighted by atomic mass is 10.0. The van der Waals surface area contributed by atoms with E-state index in [1.54, 1.807) is 7.11 Å². The third-order valence-corrected chi connectivity index (χ3v) is 2.70. The summed E-state index contributed by atoms with van der Waals surface area (Å²) in [6.07, 6.45) is 1.92. The molecule has 0 spiro atoms. The molecule has 0 aliphatic carbocycles. The molecule has 2 nitrogen and oxygen atoms in total. The minimum absolute atomic E-state index is 0.317. The molecule has 0 bridgehead atoms. The van der Waals surface area contributed by atoms with Crippen LogP contribution in [0.3, 0.4) is 0 Å². The lowest BCUT2D eigenvalue weighted by Crippen LogP contribution is -2.21. The van der Waals surface area contributed by atoms with Crippen molar-refractivity contribution in [2.24, 2.45) is 0 Å². The van der Waals surface area contributed by atoms with Gasteiger partial charge in [0.25, 0.3) is 0 Å². The number of hydrogen-bond acceptors (Lipinski definition) is 2. The molecule has 17 heavy (non-hydrogen) atoms. The summed E-state index contributed by atoms with van der Waals surface area (Å²) in [7, 11) is 1.72. The van der Waals surface area contributed by atoms with E-state index in [-0.39, 0.29) is 0 Å². The molecule has 0 aromatic heterocycles. The highest BCUT2D eigenvalue weighted by Crippen LogP contribution is 2.27. The minimum atomic E-state index is 0.317. The lowest BCUT2D eigenvalue weighted by Gasteiger charge is -2.19. The first-order valence-corrected chi connectivity index (χ1v) is 6.09. The fourth-order valence-electron chi connectivity index (χ4n) is 1.91. The molecule has 0 aliphatic heterocycles. The smallest absolute Gasteiger partial charge is 0.123 e. The van der Waals surface area contributed by atoms with E-state index in [4.69, 9.17) is 4.74 Å². The Bertz CT molecular complexity index is 389. The molecule has 92 valence electrons. The molecule has 0 heterocycles. The highest BCUT2D eigenvalue weighted by molar-refractivity contribution is 5.35. The van der Waals surface area contributed by atoms with Crippen LogP contribution in [0.5, 0.6) is 5.75 Å². The van der Waals surface area contributed by atoms with Crippen LogP contribution in [-0.2, 0) is 0 Å². The van der Waals surface area contributed by atoms with Crippen molar-refractivity contribution < 1.29 is 4.74 Å². The maximum absolute atomic E-state index is 5.40. The average Bonchev–Trinajstić information content (AvgIpc) is 2.38. The van der Waals surface area contributed by atoms with Gasteiger partial charge in [-0.1, -0.05) is 25.1 Å². The third kappa shape index (κ3) is 4.13. The molecule has 1 N–H and O–H groups in total. The minimum Gasteiger partial charge on any atom is -0.496 e. The summed E-state index contributed by atoms with van der Waals surface area (Å²) in [4.78, 5) is 0. The van der Waals surface area contributed by atoms with Gasteiger partial charge in [0.05, 0.1) is 7.11 Å². The second-order valence-corrected chi connectivity index (χ2v) is 3.82. The van der Waals surface area contributed by atoms with Crippen LogP contribution in [0.4, 0.5) is 0 Å². The Balaban J connectivity index is 2.82. The van der Waals surface area contributed by atoms with E-state index in [1.807, 2.05) is 25.1 Å². The van der Waals surface area contributed by atoms with Gasteiger partial charge in [-0.05, 0) is 26.0 Å². The normalized spacial score (nSPS) is 11.5. The number of methoxy groups -OCH3 is 1. The Hall–Kier alpha value is -1.46. The topological polar surface area (TPSA) is 21.3 Å². The van der Waals surface area contributed by atoms with Crippen molar-refractivity contribution in [2.75, 3.05) is 13.7 Å². The van der Waals surface area contributed by atoms with Gasteiger partial charge in [0.1, 0.15) is 5.75 Å². The molecule has 0 saturated carbocycles. The Kier molecular flexibility index (Phi) is 6.21. The average molecular weight is 231 g/mol. The van der Waals surface area contributed by atoms with Crippen molar-refractivity contribution in [3.05, 3.63) is 29.8 Å². The first kappa shape index (κ1) is 13.6. The molecule has 0 saturated heterocycles. The SMILES string of the molecule is CC#CCCC(NCC)c1ccccc1OC. The molecule has 1 aromatic rings. The van der Waals surface area contributed by atoms with Crippen molar-refractivity contribution in [3.8, 4) is 17.6 Å². The van der Waals surface area contributed by atoms with Crippen molar-refractivity contribution in [1.82, 2.24) is 5.32 Å². The van der Waals surface area contributed by atoms with Crippen LogP contribution in [0.25, 0.3) is 0 Å². The Morgan fingerprint density at radius 1 is 1.35 bits per heavy atom. The summed E-state index contributed by atoms with van der Waals surface area (Å²) in [5.41, 5.74) is 1.22. The number of benzene rings is 1. The quantitative estimate of drug-likeness (QED) is 0.759. The Morgan fingerprint density at radius 2 is 2.12 bits per heavy atom. The molecular formula is C15H21NO. The fourth-order valence-corrected chi connectivity index (χ4v) is 1.91. The van der Waals surface area contributed by atoms with Gasteiger partial charge >= 0.3 is 0 Å². The van der Waals surface area contributed by atoms with Gasteiger partial charge < -0.3 is 10.1 Å². The van der Waals surface area contributed by atoms with Crippen LogP contribution in [0.2, 0.25) is 0 Å². The van der Waals surface area contributed by atoms with Gasteiger partial charge in [0.2, 0.25) is 0 Å². The zero-order valence-corrected chi connectivity index (χ0v) is 10.9. The van der Waals surface area contributed by atoms with Crippen LogP contribution in [0.1, 0.15) is 38.3 Å². The molecule has 0 aliphatic rings. The second kappa shape index (κ2) is 7.76. The van der Waals surface area contributed by atoms with Crippen LogP contribution in [-0.4, -0.2) is 13.7 Å². The summed E-state index contributed by atoms with van der Waals surface area (Å²) < 4.78 is 5.40. The van der Waals surface area contributed by atoms with E-state index in [9.17, 15) is 0 Å². The summed E-state index contributed by atoms with van der Waals surface area (Å²) in [6.45, 7) is 4.95. The number of hydrogen-bond donors (Lipinski definition) is 1. The molecule has 1 atom stereocenters. The van der Waals surface area contributed by atoms with Gasteiger partial charge in [-0.2, -0.15) is 0 Å². The van der Waals surface area contributed by atoms with E-state index >= 15 is 0 Å². The molecule has 0 fully saturated rings. The molecule has 1 rings (SSSR count). The van der Waals surface area contributed by atoms with Gasteiger partial charge in [-0.3, -0.25) is 0 Å². The molecule has 1 unspecified atom stereocenters. The van der Waals surface area contributed by atoms with Crippen molar-refractivity contribution in [1.29, 1.82) is 0 Å². The van der Waals surface area contributed by atoms with Crippen LogP contribution in [0.15, 0.2) is 24.3 Å². The highest BCUT2D eigenvalue weighted by atomic mass is 16.5. The number of ether oxygens (including phenoxy) is 1. The van der Waals surface area contributed by atoms with Crippen molar-refractivity contribution in [3.63, 3.8) is 0 Å². The zero-order valence-electron chi connectivity index (χ0n) is 10.9. The number of nitrogens with one attached hydrogen (secondary N) is 1. The summed E-state index contributed by atoms with van der Waals surface area (Å²) in [5.74, 6) is 7.00. The molecule has 0 amide bonds. The third-order valence-electron chi connectivity index (χ3n) is 2.70. The fraction of sp³-hybridized carbons (Fsp3) is 0.467. The summed E-state index contributed by atoms with van der Waals surface area (Å²) in [5, 5.41) is 3.48. The largest absolute Gasteiger partial charge is 0.496 e. The standard InChI is InChI=1S/C15H21NO/c1-4-6-7-11-14(16-5-2)13-10-8-9-12-15(13)17-3/h8-10,12,14,16H,5,7,11H2,1-3H3. The van der Waals surface area contributed by atoms with E-state index < -0.39 is 0 Å². The van der Waals surface area contributed by atoms with Gasteiger partial charge in [-0.25, -0.2) is 0 Å². The Labute approximate surface area is 104 Å². The van der Waals surface area contributed by atoms with Crippen molar-refractivity contribution >= 4 is 0 Å².